The molecular weight excluding hydrogens is 440 g/mol. The Labute approximate surface area is 188 Å². The van der Waals surface area contributed by atoms with Crippen molar-refractivity contribution in [2.24, 2.45) is 0 Å². The molecule has 14 nitrogen and oxygen atoms in total. The molecule has 1 aromatic carbocycles. The fourth-order valence-electron chi connectivity index (χ4n) is 2.96. The second-order valence-corrected chi connectivity index (χ2v) is 6.94. The first-order chi connectivity index (χ1) is 15.8. The standard InChI is InChI=1S/C13H21N3O.C6H3N3O7/c1(7-16-8-10-17-11-9-16)4-15-12-13-2-5-14-6-3-13;10-6-4(8(13)14)1-3(7(11)12)2-5(6)9(15)16/h2-3,5-6,15H,1,4,7-12H2;1-2,10H. The van der Waals surface area contributed by atoms with Gasteiger partial charge in [-0.3, -0.25) is 40.2 Å². The summed E-state index contributed by atoms with van der Waals surface area (Å²) in [5.41, 5.74) is -1.70. The summed E-state index contributed by atoms with van der Waals surface area (Å²) in [5.74, 6) is -1.21. The van der Waals surface area contributed by atoms with E-state index in [1.165, 1.54) is 18.5 Å². The van der Waals surface area contributed by atoms with Gasteiger partial charge >= 0.3 is 11.4 Å². The van der Waals surface area contributed by atoms with Gasteiger partial charge in [0.05, 0.1) is 40.1 Å². The Balaban J connectivity index is 0.000000234. The third-order valence-electron chi connectivity index (χ3n) is 4.67. The van der Waals surface area contributed by atoms with Gasteiger partial charge in [-0.25, -0.2) is 0 Å². The van der Waals surface area contributed by atoms with Crippen molar-refractivity contribution in [3.8, 4) is 5.75 Å². The van der Waals surface area contributed by atoms with E-state index < -0.39 is 37.6 Å². The highest BCUT2D eigenvalue weighted by molar-refractivity contribution is 5.64. The van der Waals surface area contributed by atoms with Crippen molar-refractivity contribution >= 4 is 17.1 Å². The summed E-state index contributed by atoms with van der Waals surface area (Å²) in [7, 11) is 0. The van der Waals surface area contributed by atoms with E-state index in [1.807, 2.05) is 12.4 Å². The van der Waals surface area contributed by atoms with E-state index >= 15 is 0 Å². The van der Waals surface area contributed by atoms with Crippen LogP contribution in [0.2, 0.25) is 0 Å². The van der Waals surface area contributed by atoms with Gasteiger partial charge < -0.3 is 15.2 Å². The molecule has 0 spiro atoms. The van der Waals surface area contributed by atoms with Crippen LogP contribution in [0, 0.1) is 30.3 Å². The molecule has 0 unspecified atom stereocenters. The summed E-state index contributed by atoms with van der Waals surface area (Å²) in [6, 6.07) is 4.99. The van der Waals surface area contributed by atoms with Crippen molar-refractivity contribution in [3.63, 3.8) is 0 Å². The highest BCUT2D eigenvalue weighted by Gasteiger charge is 2.30. The molecule has 33 heavy (non-hydrogen) atoms. The van der Waals surface area contributed by atoms with E-state index in [1.54, 1.807) is 0 Å². The van der Waals surface area contributed by atoms with Crippen LogP contribution in [0.3, 0.4) is 0 Å². The number of hydrogen-bond donors (Lipinski definition) is 2. The zero-order chi connectivity index (χ0) is 24.2. The predicted octanol–water partition coefficient (Wildman–Crippen LogP) is 2.01. The van der Waals surface area contributed by atoms with Gasteiger partial charge in [0.25, 0.3) is 11.4 Å². The third kappa shape index (κ3) is 8.36. The fraction of sp³-hybridized carbons (Fsp3) is 0.421. The van der Waals surface area contributed by atoms with Gasteiger partial charge in [-0.1, -0.05) is 0 Å². The average Bonchev–Trinajstić information content (AvgIpc) is 2.80. The lowest BCUT2D eigenvalue weighted by molar-refractivity contribution is -0.404. The lowest BCUT2D eigenvalue weighted by Crippen LogP contribution is -2.37. The van der Waals surface area contributed by atoms with Crippen LogP contribution in [-0.4, -0.2) is 69.2 Å². The summed E-state index contributed by atoms with van der Waals surface area (Å²) in [5, 5.41) is 43.7. The summed E-state index contributed by atoms with van der Waals surface area (Å²) >= 11 is 0. The molecule has 1 fully saturated rings. The Hall–Kier alpha value is -3.75. The Morgan fingerprint density at radius 1 is 1.00 bits per heavy atom. The number of phenols is 1. The molecule has 2 heterocycles. The average molecular weight is 464 g/mol. The summed E-state index contributed by atoms with van der Waals surface area (Å²) in [4.78, 5) is 34.2. The second kappa shape index (κ2) is 12.9. The maximum absolute atomic E-state index is 10.4. The largest absolute Gasteiger partial charge is 0.497 e. The fourth-order valence-corrected chi connectivity index (χ4v) is 2.96. The van der Waals surface area contributed by atoms with Gasteiger partial charge in [-0.2, -0.15) is 0 Å². The molecule has 0 radical (unpaired) electrons. The normalized spacial score (nSPS) is 13.6. The van der Waals surface area contributed by atoms with Crippen molar-refractivity contribution in [1.82, 2.24) is 15.2 Å². The van der Waals surface area contributed by atoms with Gasteiger partial charge in [0, 0.05) is 32.0 Å². The van der Waals surface area contributed by atoms with Crippen molar-refractivity contribution in [2.45, 2.75) is 13.0 Å². The number of morpholine rings is 1. The number of nitro groups is 3. The zero-order valence-electron chi connectivity index (χ0n) is 17.7. The van der Waals surface area contributed by atoms with Gasteiger partial charge in [0.2, 0.25) is 0 Å². The molecule has 1 aromatic heterocycles. The highest BCUT2D eigenvalue weighted by Crippen LogP contribution is 2.38. The van der Waals surface area contributed by atoms with E-state index in [0.717, 1.165) is 39.4 Å². The van der Waals surface area contributed by atoms with E-state index in [-0.39, 0.29) is 0 Å². The topological polar surface area (TPSA) is 187 Å². The maximum atomic E-state index is 10.4. The molecule has 0 saturated carbocycles. The molecule has 3 rings (SSSR count). The van der Waals surface area contributed by atoms with Gasteiger partial charge in [-0.15, -0.1) is 0 Å². The van der Waals surface area contributed by atoms with Gasteiger partial charge in [-0.05, 0) is 37.2 Å². The summed E-state index contributed by atoms with van der Waals surface area (Å²) < 4.78 is 5.32. The number of hydrogen-bond acceptors (Lipinski definition) is 11. The molecular formula is C19H24N6O8. The number of non-ortho nitro benzene ring substituents is 1. The number of nitro benzene ring substituents is 3. The lowest BCUT2D eigenvalue weighted by Gasteiger charge is -2.26. The molecule has 0 bridgehead atoms. The first-order valence-corrected chi connectivity index (χ1v) is 9.99. The van der Waals surface area contributed by atoms with Crippen LogP contribution in [0.5, 0.6) is 5.75 Å². The lowest BCUT2D eigenvalue weighted by atomic mass is 10.2. The third-order valence-corrected chi connectivity index (χ3v) is 4.67. The molecule has 2 N–H and O–H groups in total. The Morgan fingerprint density at radius 2 is 1.58 bits per heavy atom. The van der Waals surface area contributed by atoms with E-state index in [4.69, 9.17) is 9.84 Å². The number of aromatic hydroxyl groups is 1. The second-order valence-electron chi connectivity index (χ2n) is 6.94. The maximum Gasteiger partial charge on any atom is 0.324 e. The molecule has 1 saturated heterocycles. The molecule has 1 aliphatic rings. The number of ether oxygens (including phenoxy) is 1. The van der Waals surface area contributed by atoms with Crippen molar-refractivity contribution in [2.75, 3.05) is 39.4 Å². The highest BCUT2D eigenvalue weighted by atomic mass is 16.6. The van der Waals surface area contributed by atoms with Crippen LogP contribution in [0.4, 0.5) is 17.1 Å². The molecule has 14 heteroatoms. The first kappa shape index (κ1) is 25.5. The number of aromatic nitrogens is 1. The molecule has 1 aliphatic heterocycles. The van der Waals surface area contributed by atoms with Crippen LogP contribution in [0.1, 0.15) is 12.0 Å². The summed E-state index contributed by atoms with van der Waals surface area (Å²) in [6.45, 7) is 7.14. The van der Waals surface area contributed by atoms with Crippen molar-refractivity contribution in [3.05, 3.63) is 72.6 Å². The van der Waals surface area contributed by atoms with E-state index in [0.29, 0.717) is 12.1 Å². The van der Waals surface area contributed by atoms with Crippen LogP contribution in [0.15, 0.2) is 36.7 Å². The molecule has 0 aliphatic carbocycles. The quantitative estimate of drug-likeness (QED) is 0.314. The minimum atomic E-state index is -1.21. The van der Waals surface area contributed by atoms with E-state index in [2.05, 4.69) is 27.3 Å². The van der Waals surface area contributed by atoms with Crippen LogP contribution >= 0.6 is 0 Å². The van der Waals surface area contributed by atoms with E-state index in [9.17, 15) is 30.3 Å². The Bertz CT molecular complexity index is 918. The number of phenolic OH excluding ortho intramolecular Hbond substituents is 1. The number of nitrogens with one attached hydrogen (secondary N) is 1. The van der Waals surface area contributed by atoms with Crippen molar-refractivity contribution in [1.29, 1.82) is 0 Å². The minimum Gasteiger partial charge on any atom is -0.497 e. The van der Waals surface area contributed by atoms with Crippen LogP contribution < -0.4 is 5.32 Å². The van der Waals surface area contributed by atoms with Gasteiger partial charge in [0.1, 0.15) is 0 Å². The van der Waals surface area contributed by atoms with Gasteiger partial charge in [0.15, 0.2) is 0 Å². The predicted molar refractivity (Wildman–Crippen MR) is 116 cm³/mol. The number of nitrogens with zero attached hydrogens (tertiary/aromatic N) is 5. The molecule has 0 atom stereocenters. The monoisotopic (exact) mass is 464 g/mol. The number of benzene rings is 1. The number of pyridine rings is 1. The zero-order valence-corrected chi connectivity index (χ0v) is 17.7. The molecule has 0 amide bonds. The van der Waals surface area contributed by atoms with Crippen LogP contribution in [0.25, 0.3) is 0 Å². The number of rotatable bonds is 9. The minimum absolute atomic E-state index is 0.447. The molecule has 178 valence electrons. The first-order valence-electron chi connectivity index (χ1n) is 9.99. The summed E-state index contributed by atoms with van der Waals surface area (Å²) in [6.07, 6.45) is 4.88. The molecule has 2 aromatic rings. The smallest absolute Gasteiger partial charge is 0.324 e. The van der Waals surface area contributed by atoms with Crippen LogP contribution in [-0.2, 0) is 11.3 Å². The SMILES string of the molecule is O=[N+]([O-])c1cc([N+](=O)[O-])c(O)c([N+](=O)[O-])c1.c1cc(CNCCCN2CCOCC2)ccn1. The Morgan fingerprint density at radius 3 is 2.09 bits per heavy atom. The van der Waals surface area contributed by atoms with Crippen molar-refractivity contribution < 1.29 is 24.6 Å². The Kier molecular flexibility index (Phi) is 10.0.